The molecule has 0 saturated carbocycles. The Labute approximate surface area is 145 Å². The van der Waals surface area contributed by atoms with Crippen molar-refractivity contribution < 1.29 is 13.9 Å². The van der Waals surface area contributed by atoms with Crippen LogP contribution in [0.25, 0.3) is 11.5 Å². The molecule has 0 radical (unpaired) electrons. The second kappa shape index (κ2) is 7.14. The van der Waals surface area contributed by atoms with Gasteiger partial charge >= 0.3 is 0 Å². The van der Waals surface area contributed by atoms with Crippen molar-refractivity contribution in [3.05, 3.63) is 58.4 Å². The van der Waals surface area contributed by atoms with Crippen LogP contribution in [-0.4, -0.2) is 29.4 Å². The van der Waals surface area contributed by atoms with Crippen LogP contribution in [0, 0.1) is 0 Å². The quantitative estimate of drug-likeness (QED) is 0.518. The number of ether oxygens (including phenoxy) is 1. The second-order valence-corrected chi connectivity index (χ2v) is 5.59. The number of hydrogen-bond donors (Lipinski definition) is 2. The monoisotopic (exact) mass is 388 g/mol. The van der Waals surface area contributed by atoms with E-state index in [1.54, 1.807) is 37.6 Å². The van der Waals surface area contributed by atoms with E-state index in [1.165, 1.54) is 6.21 Å². The number of carbonyl (C=O) groups excluding carboxylic acids is 1. The van der Waals surface area contributed by atoms with Gasteiger partial charge in [-0.15, -0.1) is 0 Å². The average Bonchev–Trinajstić information content (AvgIpc) is 3.26. The zero-order chi connectivity index (χ0) is 16.9. The lowest BCUT2D eigenvalue weighted by Crippen LogP contribution is -2.18. The number of carbonyl (C=O) groups is 1. The van der Waals surface area contributed by atoms with Gasteiger partial charge in [-0.25, -0.2) is 5.43 Å². The third kappa shape index (κ3) is 3.54. The SMILES string of the molecule is COc1ccc(C=NNC(=O)c2cc(-c3ccco3)[nH]n2)cc1Br. The highest BCUT2D eigenvalue weighted by Crippen LogP contribution is 2.24. The Morgan fingerprint density at radius 1 is 1.42 bits per heavy atom. The minimum absolute atomic E-state index is 0.217. The Morgan fingerprint density at radius 2 is 2.29 bits per heavy atom. The van der Waals surface area contributed by atoms with Gasteiger partial charge in [0.05, 0.1) is 24.1 Å². The lowest BCUT2D eigenvalue weighted by Gasteiger charge is -2.03. The van der Waals surface area contributed by atoms with Gasteiger partial charge in [0.15, 0.2) is 11.5 Å². The summed E-state index contributed by atoms with van der Waals surface area (Å²) in [5.74, 6) is 0.902. The van der Waals surface area contributed by atoms with E-state index >= 15 is 0 Å². The number of methoxy groups -OCH3 is 1. The van der Waals surface area contributed by atoms with Gasteiger partial charge in [-0.2, -0.15) is 10.2 Å². The van der Waals surface area contributed by atoms with Crippen molar-refractivity contribution in [1.82, 2.24) is 15.6 Å². The summed E-state index contributed by atoms with van der Waals surface area (Å²) in [7, 11) is 1.59. The molecule has 1 aromatic carbocycles. The summed E-state index contributed by atoms with van der Waals surface area (Å²) in [6, 6.07) is 10.6. The molecule has 3 aromatic rings. The van der Waals surface area contributed by atoms with E-state index in [0.29, 0.717) is 11.5 Å². The molecule has 24 heavy (non-hydrogen) atoms. The Kier molecular flexibility index (Phi) is 4.76. The predicted molar refractivity (Wildman–Crippen MR) is 92.0 cm³/mol. The second-order valence-electron chi connectivity index (χ2n) is 4.74. The lowest BCUT2D eigenvalue weighted by molar-refractivity contribution is 0.0950. The molecular formula is C16H13BrN4O3. The number of H-pyrrole nitrogens is 1. The van der Waals surface area contributed by atoms with Crippen LogP contribution in [0.3, 0.4) is 0 Å². The van der Waals surface area contributed by atoms with Gasteiger partial charge in [0.2, 0.25) is 0 Å². The molecule has 3 rings (SSSR count). The van der Waals surface area contributed by atoms with Crippen LogP contribution >= 0.6 is 15.9 Å². The average molecular weight is 389 g/mol. The van der Waals surface area contributed by atoms with Crippen LogP contribution in [0.4, 0.5) is 0 Å². The molecular weight excluding hydrogens is 376 g/mol. The molecule has 122 valence electrons. The molecule has 0 unspecified atom stereocenters. The highest BCUT2D eigenvalue weighted by molar-refractivity contribution is 9.10. The third-order valence-electron chi connectivity index (χ3n) is 3.15. The van der Waals surface area contributed by atoms with Crippen molar-refractivity contribution in [1.29, 1.82) is 0 Å². The molecule has 0 saturated heterocycles. The number of nitrogens with zero attached hydrogens (tertiary/aromatic N) is 2. The van der Waals surface area contributed by atoms with E-state index in [9.17, 15) is 4.79 Å². The minimum Gasteiger partial charge on any atom is -0.496 e. The van der Waals surface area contributed by atoms with Crippen molar-refractivity contribution in [2.45, 2.75) is 0 Å². The Bertz CT molecular complexity index is 871. The number of halogens is 1. The van der Waals surface area contributed by atoms with Crippen molar-refractivity contribution in [3.63, 3.8) is 0 Å². The smallest absolute Gasteiger partial charge is 0.291 e. The standard InChI is InChI=1S/C16H13BrN4O3/c1-23-14-5-4-10(7-11(14)17)9-18-21-16(22)13-8-12(19-20-13)15-3-2-6-24-15/h2-9H,1H3,(H,19,20)(H,21,22). The van der Waals surface area contributed by atoms with Crippen LogP contribution < -0.4 is 10.2 Å². The van der Waals surface area contributed by atoms with Gasteiger partial charge in [0, 0.05) is 6.07 Å². The number of aromatic nitrogens is 2. The molecule has 0 aliphatic carbocycles. The molecule has 0 bridgehead atoms. The first-order valence-electron chi connectivity index (χ1n) is 6.93. The molecule has 1 amide bonds. The number of hydrazone groups is 1. The number of hydrogen-bond acceptors (Lipinski definition) is 5. The highest BCUT2D eigenvalue weighted by Gasteiger charge is 2.11. The largest absolute Gasteiger partial charge is 0.496 e. The zero-order valence-electron chi connectivity index (χ0n) is 12.6. The molecule has 0 aliphatic heterocycles. The lowest BCUT2D eigenvalue weighted by atomic mass is 10.2. The number of furan rings is 1. The van der Waals surface area contributed by atoms with E-state index in [2.05, 4.69) is 36.7 Å². The molecule has 0 atom stereocenters. The van der Waals surface area contributed by atoms with Gasteiger partial charge in [-0.3, -0.25) is 9.89 Å². The van der Waals surface area contributed by atoms with Crippen molar-refractivity contribution in [2.24, 2.45) is 5.10 Å². The van der Waals surface area contributed by atoms with Crippen molar-refractivity contribution >= 4 is 28.1 Å². The Hall–Kier alpha value is -2.87. The topological polar surface area (TPSA) is 92.5 Å². The van der Waals surface area contributed by atoms with E-state index in [-0.39, 0.29) is 5.69 Å². The summed E-state index contributed by atoms with van der Waals surface area (Å²) < 4.78 is 11.2. The van der Waals surface area contributed by atoms with Gasteiger partial charge < -0.3 is 9.15 Å². The zero-order valence-corrected chi connectivity index (χ0v) is 14.2. The van der Waals surface area contributed by atoms with E-state index in [1.807, 2.05) is 12.1 Å². The summed E-state index contributed by atoms with van der Waals surface area (Å²) in [4.78, 5) is 12.0. The normalized spacial score (nSPS) is 10.9. The predicted octanol–water partition coefficient (Wildman–Crippen LogP) is 3.20. The number of nitrogens with one attached hydrogen (secondary N) is 2. The summed E-state index contributed by atoms with van der Waals surface area (Å²) in [5, 5.41) is 10.6. The molecule has 2 heterocycles. The number of aromatic amines is 1. The maximum atomic E-state index is 12.0. The Morgan fingerprint density at radius 3 is 3.00 bits per heavy atom. The van der Waals surface area contributed by atoms with Crippen LogP contribution in [0.2, 0.25) is 0 Å². The summed E-state index contributed by atoms with van der Waals surface area (Å²) in [6.07, 6.45) is 3.08. The maximum Gasteiger partial charge on any atom is 0.291 e. The molecule has 8 heteroatoms. The van der Waals surface area contributed by atoms with Gasteiger partial charge in [0.1, 0.15) is 11.4 Å². The number of rotatable bonds is 5. The van der Waals surface area contributed by atoms with Crippen molar-refractivity contribution in [2.75, 3.05) is 7.11 Å². The van der Waals surface area contributed by atoms with E-state index in [4.69, 9.17) is 9.15 Å². The van der Waals surface area contributed by atoms with Crippen LogP contribution in [-0.2, 0) is 0 Å². The number of amides is 1. The highest BCUT2D eigenvalue weighted by atomic mass is 79.9. The summed E-state index contributed by atoms with van der Waals surface area (Å²) in [5.41, 5.74) is 4.07. The molecule has 7 nitrogen and oxygen atoms in total. The van der Waals surface area contributed by atoms with Crippen LogP contribution in [0.15, 0.2) is 56.7 Å². The van der Waals surface area contributed by atoms with Crippen LogP contribution in [0.1, 0.15) is 16.1 Å². The fourth-order valence-corrected chi connectivity index (χ4v) is 2.54. The summed E-state index contributed by atoms with van der Waals surface area (Å²) >= 11 is 3.39. The number of benzene rings is 1. The minimum atomic E-state index is -0.423. The molecule has 2 aromatic heterocycles. The fourth-order valence-electron chi connectivity index (χ4n) is 1.98. The third-order valence-corrected chi connectivity index (χ3v) is 3.77. The van der Waals surface area contributed by atoms with Crippen molar-refractivity contribution in [3.8, 4) is 17.2 Å². The first kappa shape index (κ1) is 16.0. The fraction of sp³-hybridized carbons (Fsp3) is 0.0625. The van der Waals surface area contributed by atoms with Crippen LogP contribution in [0.5, 0.6) is 5.75 Å². The van der Waals surface area contributed by atoms with Gasteiger partial charge in [-0.1, -0.05) is 0 Å². The van der Waals surface area contributed by atoms with E-state index < -0.39 is 5.91 Å². The first-order valence-corrected chi connectivity index (χ1v) is 7.73. The van der Waals surface area contributed by atoms with Gasteiger partial charge in [0.25, 0.3) is 5.91 Å². The molecule has 2 N–H and O–H groups in total. The summed E-state index contributed by atoms with van der Waals surface area (Å²) in [6.45, 7) is 0. The Balaban J connectivity index is 1.64. The maximum absolute atomic E-state index is 12.0. The molecule has 0 aliphatic rings. The van der Waals surface area contributed by atoms with E-state index in [0.717, 1.165) is 15.8 Å². The van der Waals surface area contributed by atoms with Gasteiger partial charge in [-0.05, 0) is 51.8 Å². The first-order chi connectivity index (χ1) is 11.7. The molecule has 0 fully saturated rings. The molecule has 0 spiro atoms.